The molecule has 0 fully saturated rings. The number of imide groups is 1. The average molecular weight is 263 g/mol. The van der Waals surface area contributed by atoms with Crippen molar-refractivity contribution in [2.24, 2.45) is 11.5 Å². The number of hydrogen-bond acceptors (Lipinski definition) is 4. The Morgan fingerprint density at radius 3 is 2.89 bits per heavy atom. The van der Waals surface area contributed by atoms with Crippen LogP contribution in [-0.2, 0) is 11.2 Å². The molecule has 0 spiro atoms. The van der Waals surface area contributed by atoms with Crippen molar-refractivity contribution < 1.29 is 14.3 Å². The molecule has 0 saturated heterocycles. The monoisotopic (exact) mass is 263 g/mol. The number of aryl methyl sites for hydroxylation is 1. The highest BCUT2D eigenvalue weighted by Gasteiger charge is 2.21. The van der Waals surface area contributed by atoms with Gasteiger partial charge in [0.25, 0.3) is 5.91 Å². The molecule has 2 atom stereocenters. The van der Waals surface area contributed by atoms with E-state index in [0.29, 0.717) is 5.75 Å². The molecule has 1 aromatic rings. The van der Waals surface area contributed by atoms with Crippen molar-refractivity contribution in [1.82, 2.24) is 5.32 Å². The molecule has 19 heavy (non-hydrogen) atoms. The van der Waals surface area contributed by atoms with E-state index in [9.17, 15) is 9.59 Å². The predicted octanol–water partition coefficient (Wildman–Crippen LogP) is 0.595. The quantitative estimate of drug-likeness (QED) is 0.741. The summed E-state index contributed by atoms with van der Waals surface area (Å²) in [6, 6.07) is 4.77. The molecule has 6 nitrogen and oxygen atoms in total. The van der Waals surface area contributed by atoms with E-state index in [2.05, 4.69) is 0 Å². The summed E-state index contributed by atoms with van der Waals surface area (Å²) in [6.45, 7) is 1.55. The lowest BCUT2D eigenvalue weighted by molar-refractivity contribution is -0.126. The molecule has 2 rings (SSSR count). The first kappa shape index (κ1) is 13.4. The fraction of sp³-hybridized carbons (Fsp3) is 0.385. The van der Waals surface area contributed by atoms with Crippen LogP contribution in [0.15, 0.2) is 18.2 Å². The highest BCUT2D eigenvalue weighted by atomic mass is 16.5. The van der Waals surface area contributed by atoms with Gasteiger partial charge in [-0.05, 0) is 43.0 Å². The topological polar surface area (TPSA) is 107 Å². The number of hydrogen-bond donors (Lipinski definition) is 3. The van der Waals surface area contributed by atoms with Crippen LogP contribution in [0.1, 0.15) is 30.5 Å². The van der Waals surface area contributed by atoms with E-state index in [1.54, 1.807) is 13.0 Å². The molecule has 0 saturated carbocycles. The fourth-order valence-corrected chi connectivity index (χ4v) is 2.18. The van der Waals surface area contributed by atoms with Crippen LogP contribution < -0.4 is 21.5 Å². The first-order valence-electron chi connectivity index (χ1n) is 6.12. The van der Waals surface area contributed by atoms with E-state index in [4.69, 9.17) is 16.2 Å². The zero-order valence-corrected chi connectivity index (χ0v) is 10.7. The molecule has 3 amide bonds. The zero-order chi connectivity index (χ0) is 14.0. The molecular weight excluding hydrogens is 246 g/mol. The van der Waals surface area contributed by atoms with Crippen LogP contribution >= 0.6 is 0 Å². The Kier molecular flexibility index (Phi) is 3.71. The van der Waals surface area contributed by atoms with Gasteiger partial charge in [0.1, 0.15) is 5.75 Å². The maximum Gasteiger partial charge on any atom is 0.318 e. The molecule has 1 aliphatic carbocycles. The first-order valence-corrected chi connectivity index (χ1v) is 6.12. The summed E-state index contributed by atoms with van der Waals surface area (Å²) in [5.74, 6) is 0.0182. The van der Waals surface area contributed by atoms with Gasteiger partial charge in [-0.15, -0.1) is 0 Å². The standard InChI is InChI=1S/C13H17N3O3/c1-7(12(17)16-13(15)18)19-9-3-4-10-8(6-9)2-5-11(10)14/h3-4,6-7,11H,2,5,14H2,1H3,(H3,15,16,17,18). The lowest BCUT2D eigenvalue weighted by atomic mass is 10.1. The summed E-state index contributed by atoms with van der Waals surface area (Å²) in [6.07, 6.45) is 1.05. The Morgan fingerprint density at radius 2 is 2.21 bits per heavy atom. The van der Waals surface area contributed by atoms with Crippen molar-refractivity contribution in [3.8, 4) is 5.75 Å². The molecule has 102 valence electrons. The van der Waals surface area contributed by atoms with E-state index >= 15 is 0 Å². The number of carbonyl (C=O) groups excluding carboxylic acids is 2. The third kappa shape index (κ3) is 3.03. The van der Waals surface area contributed by atoms with Crippen LogP contribution in [0.2, 0.25) is 0 Å². The second kappa shape index (κ2) is 5.27. The summed E-state index contributed by atoms with van der Waals surface area (Å²) in [4.78, 5) is 22.1. The number of rotatable bonds is 3. The van der Waals surface area contributed by atoms with E-state index < -0.39 is 18.0 Å². The van der Waals surface area contributed by atoms with Gasteiger partial charge in [0.05, 0.1) is 0 Å². The second-order valence-corrected chi connectivity index (χ2v) is 4.62. The van der Waals surface area contributed by atoms with Gasteiger partial charge in [-0.3, -0.25) is 10.1 Å². The molecule has 1 aromatic carbocycles. The zero-order valence-electron chi connectivity index (χ0n) is 10.7. The third-order valence-electron chi connectivity index (χ3n) is 3.17. The number of primary amides is 1. The Bertz CT molecular complexity index is 516. The Balaban J connectivity index is 2.04. The minimum absolute atomic E-state index is 0.0830. The smallest absolute Gasteiger partial charge is 0.318 e. The van der Waals surface area contributed by atoms with Crippen LogP contribution in [0.5, 0.6) is 5.75 Å². The summed E-state index contributed by atoms with van der Waals surface area (Å²) >= 11 is 0. The van der Waals surface area contributed by atoms with Crippen molar-refractivity contribution >= 4 is 11.9 Å². The molecule has 6 heteroatoms. The predicted molar refractivity (Wildman–Crippen MR) is 69.5 cm³/mol. The van der Waals surface area contributed by atoms with Crippen molar-refractivity contribution in [1.29, 1.82) is 0 Å². The molecule has 0 aromatic heterocycles. The van der Waals surface area contributed by atoms with Crippen LogP contribution in [0.3, 0.4) is 0 Å². The molecule has 0 heterocycles. The number of nitrogens with two attached hydrogens (primary N) is 2. The molecule has 0 aliphatic heterocycles. The first-order chi connectivity index (χ1) is 8.97. The maximum atomic E-state index is 11.5. The summed E-state index contributed by atoms with van der Waals surface area (Å²) in [5.41, 5.74) is 13.1. The molecule has 0 bridgehead atoms. The highest BCUT2D eigenvalue weighted by molar-refractivity contribution is 5.95. The van der Waals surface area contributed by atoms with Crippen LogP contribution in [-0.4, -0.2) is 18.0 Å². The van der Waals surface area contributed by atoms with Gasteiger partial charge < -0.3 is 16.2 Å². The SMILES string of the molecule is CC(Oc1ccc2c(c1)CCC2N)C(=O)NC(N)=O. The van der Waals surface area contributed by atoms with Gasteiger partial charge in [-0.2, -0.15) is 0 Å². The van der Waals surface area contributed by atoms with Gasteiger partial charge >= 0.3 is 6.03 Å². The minimum atomic E-state index is -0.889. The lowest BCUT2D eigenvalue weighted by Crippen LogP contribution is -2.42. The molecule has 0 radical (unpaired) electrons. The molecular formula is C13H17N3O3. The number of ether oxygens (including phenoxy) is 1. The fourth-order valence-electron chi connectivity index (χ4n) is 2.18. The number of amides is 3. The van der Waals surface area contributed by atoms with Crippen molar-refractivity contribution in [3.63, 3.8) is 0 Å². The number of benzene rings is 1. The van der Waals surface area contributed by atoms with Gasteiger partial charge in [0.15, 0.2) is 6.10 Å². The van der Waals surface area contributed by atoms with E-state index in [-0.39, 0.29) is 6.04 Å². The second-order valence-electron chi connectivity index (χ2n) is 4.62. The Labute approximate surface area is 111 Å². The van der Waals surface area contributed by atoms with Crippen molar-refractivity contribution in [2.45, 2.75) is 31.9 Å². The van der Waals surface area contributed by atoms with E-state index in [0.717, 1.165) is 24.0 Å². The average Bonchev–Trinajstić information content (AvgIpc) is 2.70. The van der Waals surface area contributed by atoms with Gasteiger partial charge in [0, 0.05) is 6.04 Å². The van der Waals surface area contributed by atoms with E-state index in [1.165, 1.54) is 0 Å². The van der Waals surface area contributed by atoms with Crippen LogP contribution in [0, 0.1) is 0 Å². The number of nitrogens with one attached hydrogen (secondary N) is 1. The third-order valence-corrected chi connectivity index (χ3v) is 3.17. The molecule has 1 aliphatic rings. The number of fused-ring (bicyclic) bond motifs is 1. The Morgan fingerprint density at radius 1 is 1.47 bits per heavy atom. The van der Waals surface area contributed by atoms with Gasteiger partial charge in [-0.25, -0.2) is 4.79 Å². The van der Waals surface area contributed by atoms with Crippen LogP contribution in [0.4, 0.5) is 4.79 Å². The highest BCUT2D eigenvalue weighted by Crippen LogP contribution is 2.32. The van der Waals surface area contributed by atoms with Crippen LogP contribution in [0.25, 0.3) is 0 Å². The van der Waals surface area contributed by atoms with Crippen molar-refractivity contribution in [3.05, 3.63) is 29.3 Å². The molecule has 2 unspecified atom stereocenters. The number of carbonyl (C=O) groups is 2. The Hall–Kier alpha value is -2.08. The number of urea groups is 1. The maximum absolute atomic E-state index is 11.5. The van der Waals surface area contributed by atoms with E-state index in [1.807, 2.05) is 17.4 Å². The van der Waals surface area contributed by atoms with Gasteiger partial charge in [-0.1, -0.05) is 6.07 Å². The minimum Gasteiger partial charge on any atom is -0.481 e. The lowest BCUT2D eigenvalue weighted by Gasteiger charge is -2.14. The summed E-state index contributed by atoms with van der Waals surface area (Å²) in [7, 11) is 0. The van der Waals surface area contributed by atoms with Crippen molar-refractivity contribution in [2.75, 3.05) is 0 Å². The largest absolute Gasteiger partial charge is 0.481 e. The molecule has 5 N–H and O–H groups in total. The van der Waals surface area contributed by atoms with Gasteiger partial charge in [0.2, 0.25) is 0 Å². The summed E-state index contributed by atoms with van der Waals surface area (Å²) < 4.78 is 5.48. The summed E-state index contributed by atoms with van der Waals surface area (Å²) in [5, 5.41) is 1.98. The normalized spacial score (nSPS) is 18.5.